The van der Waals surface area contributed by atoms with Crippen LogP contribution in [0.4, 0.5) is 0 Å². The van der Waals surface area contributed by atoms with Crippen LogP contribution in [0, 0.1) is 0 Å². The SMILES string of the molecule is CC[C@H]1CCCCN1C(=O)CSc1nc2ccccc2c(=O)n1CCOC. The molecule has 1 aliphatic rings. The number of piperidine rings is 1. The number of hydrogen-bond acceptors (Lipinski definition) is 5. The number of ether oxygens (including phenoxy) is 1. The first kappa shape index (κ1) is 19.9. The van der Waals surface area contributed by atoms with Crippen molar-refractivity contribution in [3.8, 4) is 0 Å². The maximum Gasteiger partial charge on any atom is 0.262 e. The number of benzene rings is 1. The lowest BCUT2D eigenvalue weighted by Gasteiger charge is -2.35. The summed E-state index contributed by atoms with van der Waals surface area (Å²) in [6, 6.07) is 7.66. The average Bonchev–Trinajstić information content (AvgIpc) is 2.71. The van der Waals surface area contributed by atoms with E-state index in [1.165, 1.54) is 18.2 Å². The van der Waals surface area contributed by atoms with E-state index in [4.69, 9.17) is 4.74 Å². The van der Waals surface area contributed by atoms with Gasteiger partial charge in [0, 0.05) is 19.7 Å². The molecule has 1 aromatic heterocycles. The van der Waals surface area contributed by atoms with Gasteiger partial charge in [-0.2, -0.15) is 0 Å². The van der Waals surface area contributed by atoms with Gasteiger partial charge in [0.25, 0.3) is 5.56 Å². The minimum atomic E-state index is -0.0861. The summed E-state index contributed by atoms with van der Waals surface area (Å²) in [5, 5.41) is 1.17. The summed E-state index contributed by atoms with van der Waals surface area (Å²) < 4.78 is 6.77. The van der Waals surface area contributed by atoms with Gasteiger partial charge in [-0.3, -0.25) is 14.2 Å². The monoisotopic (exact) mass is 389 g/mol. The number of amides is 1. The van der Waals surface area contributed by atoms with Crippen LogP contribution in [-0.2, 0) is 16.1 Å². The van der Waals surface area contributed by atoms with Crippen molar-refractivity contribution in [3.05, 3.63) is 34.6 Å². The highest BCUT2D eigenvalue weighted by Gasteiger charge is 2.25. The van der Waals surface area contributed by atoms with Crippen molar-refractivity contribution in [3.63, 3.8) is 0 Å². The molecule has 1 atom stereocenters. The van der Waals surface area contributed by atoms with Gasteiger partial charge in [-0.15, -0.1) is 0 Å². The molecular weight excluding hydrogens is 362 g/mol. The van der Waals surface area contributed by atoms with Crippen LogP contribution in [0.25, 0.3) is 10.9 Å². The number of hydrogen-bond donors (Lipinski definition) is 0. The highest BCUT2D eigenvalue weighted by molar-refractivity contribution is 7.99. The minimum absolute atomic E-state index is 0.0861. The molecule has 0 radical (unpaired) electrons. The number of rotatable bonds is 7. The average molecular weight is 390 g/mol. The zero-order valence-corrected chi connectivity index (χ0v) is 16.8. The summed E-state index contributed by atoms with van der Waals surface area (Å²) in [6.45, 7) is 3.81. The fraction of sp³-hybridized carbons (Fsp3) is 0.550. The maximum absolute atomic E-state index is 12.9. The first-order chi connectivity index (χ1) is 13.2. The molecule has 0 saturated carbocycles. The molecule has 1 aliphatic heterocycles. The molecule has 0 aliphatic carbocycles. The summed E-state index contributed by atoms with van der Waals surface area (Å²) in [6.07, 6.45) is 4.33. The van der Waals surface area contributed by atoms with Gasteiger partial charge in [-0.05, 0) is 37.8 Å². The van der Waals surface area contributed by atoms with Crippen LogP contribution < -0.4 is 5.56 Å². The van der Waals surface area contributed by atoms with Crippen LogP contribution in [0.3, 0.4) is 0 Å². The third-order valence-electron chi connectivity index (χ3n) is 5.09. The van der Waals surface area contributed by atoms with Gasteiger partial charge in [-0.25, -0.2) is 4.98 Å². The van der Waals surface area contributed by atoms with Crippen molar-refractivity contribution in [2.24, 2.45) is 0 Å². The normalized spacial score (nSPS) is 17.4. The Morgan fingerprint density at radius 1 is 1.33 bits per heavy atom. The van der Waals surface area contributed by atoms with E-state index in [0.29, 0.717) is 41.0 Å². The van der Waals surface area contributed by atoms with Gasteiger partial charge in [0.1, 0.15) is 0 Å². The third kappa shape index (κ3) is 4.52. The van der Waals surface area contributed by atoms with Gasteiger partial charge in [-0.1, -0.05) is 30.8 Å². The lowest BCUT2D eigenvalue weighted by Crippen LogP contribution is -2.44. The second-order valence-corrected chi connectivity index (χ2v) is 7.74. The van der Waals surface area contributed by atoms with Crippen molar-refractivity contribution >= 4 is 28.6 Å². The fourth-order valence-electron chi connectivity index (χ4n) is 3.60. The largest absolute Gasteiger partial charge is 0.383 e. The molecule has 3 rings (SSSR count). The Morgan fingerprint density at radius 3 is 2.93 bits per heavy atom. The molecule has 2 heterocycles. The highest BCUT2D eigenvalue weighted by atomic mass is 32.2. The van der Waals surface area contributed by atoms with Crippen LogP contribution in [-0.4, -0.2) is 52.4 Å². The number of carbonyl (C=O) groups excluding carboxylic acids is 1. The maximum atomic E-state index is 12.9. The number of thioether (sulfide) groups is 1. The quantitative estimate of drug-likeness (QED) is 0.538. The number of aromatic nitrogens is 2. The Morgan fingerprint density at radius 2 is 2.15 bits per heavy atom. The lowest BCUT2D eigenvalue weighted by atomic mass is 10.0. The predicted molar refractivity (Wildman–Crippen MR) is 108 cm³/mol. The van der Waals surface area contributed by atoms with Crippen LogP contribution in [0.15, 0.2) is 34.2 Å². The molecule has 0 spiro atoms. The molecule has 0 bridgehead atoms. The summed E-state index contributed by atoms with van der Waals surface area (Å²) in [5.74, 6) is 0.432. The summed E-state index contributed by atoms with van der Waals surface area (Å²) >= 11 is 1.35. The van der Waals surface area contributed by atoms with Crippen molar-refractivity contribution in [1.82, 2.24) is 14.5 Å². The summed E-state index contributed by atoms with van der Waals surface area (Å²) in [5.41, 5.74) is 0.576. The molecule has 27 heavy (non-hydrogen) atoms. The van der Waals surface area contributed by atoms with Crippen molar-refractivity contribution in [2.75, 3.05) is 26.0 Å². The van der Waals surface area contributed by atoms with E-state index in [2.05, 4.69) is 11.9 Å². The van der Waals surface area contributed by atoms with E-state index < -0.39 is 0 Å². The molecule has 146 valence electrons. The summed E-state index contributed by atoms with van der Waals surface area (Å²) in [7, 11) is 1.61. The number of nitrogens with zero attached hydrogens (tertiary/aromatic N) is 3. The Bertz CT molecular complexity index is 852. The molecule has 7 heteroatoms. The molecule has 6 nitrogen and oxygen atoms in total. The number of para-hydroxylation sites is 1. The third-order valence-corrected chi connectivity index (χ3v) is 6.05. The molecule has 1 amide bonds. The van der Waals surface area contributed by atoms with Crippen molar-refractivity contribution in [1.29, 1.82) is 0 Å². The Kier molecular flexibility index (Phi) is 6.90. The van der Waals surface area contributed by atoms with Crippen LogP contribution in [0.5, 0.6) is 0 Å². The highest BCUT2D eigenvalue weighted by Crippen LogP contribution is 2.23. The van der Waals surface area contributed by atoms with Gasteiger partial charge in [0.15, 0.2) is 5.16 Å². The predicted octanol–water partition coefficient (Wildman–Crippen LogP) is 2.93. The number of likely N-dealkylation sites (tertiary alicyclic amines) is 1. The van der Waals surface area contributed by atoms with E-state index in [-0.39, 0.29) is 11.5 Å². The smallest absolute Gasteiger partial charge is 0.262 e. The van der Waals surface area contributed by atoms with E-state index in [0.717, 1.165) is 25.8 Å². The molecule has 1 aromatic carbocycles. The molecule has 0 N–H and O–H groups in total. The van der Waals surface area contributed by atoms with Gasteiger partial charge < -0.3 is 9.64 Å². The Balaban J connectivity index is 1.82. The van der Waals surface area contributed by atoms with Crippen LogP contribution in [0.1, 0.15) is 32.6 Å². The second-order valence-electron chi connectivity index (χ2n) is 6.79. The number of fused-ring (bicyclic) bond motifs is 1. The second kappa shape index (κ2) is 9.37. The standard InChI is InChI=1S/C20H27N3O3S/c1-3-15-8-6-7-11-22(15)18(24)14-27-20-21-17-10-5-4-9-16(17)19(25)23(20)12-13-26-2/h4-5,9-10,15H,3,6-8,11-14H2,1-2H3/t15-/m0/s1. The molecular formula is C20H27N3O3S. The molecule has 2 aromatic rings. The van der Waals surface area contributed by atoms with E-state index in [1.807, 2.05) is 23.1 Å². The van der Waals surface area contributed by atoms with Gasteiger partial charge in [0.05, 0.1) is 29.8 Å². The first-order valence-electron chi connectivity index (χ1n) is 9.56. The zero-order chi connectivity index (χ0) is 19.2. The number of methoxy groups -OCH3 is 1. The molecule has 1 saturated heterocycles. The van der Waals surface area contributed by atoms with E-state index in [9.17, 15) is 9.59 Å². The van der Waals surface area contributed by atoms with Crippen molar-refractivity contribution in [2.45, 2.75) is 50.4 Å². The Labute approximate surface area is 163 Å². The van der Waals surface area contributed by atoms with Gasteiger partial charge >= 0.3 is 0 Å². The minimum Gasteiger partial charge on any atom is -0.383 e. The van der Waals surface area contributed by atoms with Crippen LogP contribution in [0.2, 0.25) is 0 Å². The lowest BCUT2D eigenvalue weighted by molar-refractivity contribution is -0.132. The van der Waals surface area contributed by atoms with E-state index in [1.54, 1.807) is 17.7 Å². The van der Waals surface area contributed by atoms with Crippen molar-refractivity contribution < 1.29 is 9.53 Å². The molecule has 1 fully saturated rings. The topological polar surface area (TPSA) is 64.4 Å². The number of carbonyl (C=O) groups is 1. The molecule has 0 unspecified atom stereocenters. The summed E-state index contributed by atoms with van der Waals surface area (Å²) in [4.78, 5) is 32.3. The van der Waals surface area contributed by atoms with Crippen LogP contribution >= 0.6 is 11.8 Å². The fourth-order valence-corrected chi connectivity index (χ4v) is 4.51. The first-order valence-corrected chi connectivity index (χ1v) is 10.5. The van der Waals surface area contributed by atoms with Gasteiger partial charge in [0.2, 0.25) is 5.91 Å². The van der Waals surface area contributed by atoms with E-state index >= 15 is 0 Å². The zero-order valence-electron chi connectivity index (χ0n) is 16.0. The Hall–Kier alpha value is -1.86.